The van der Waals surface area contributed by atoms with Crippen LogP contribution < -0.4 is 0 Å². The highest BCUT2D eigenvalue weighted by atomic mass is 79.9. The summed E-state index contributed by atoms with van der Waals surface area (Å²) in [5.41, 5.74) is -0.273. The van der Waals surface area contributed by atoms with Gasteiger partial charge in [0.15, 0.2) is 0 Å². The summed E-state index contributed by atoms with van der Waals surface area (Å²) in [5, 5.41) is 0. The molecular weight excluding hydrogens is 300 g/mol. The van der Waals surface area contributed by atoms with Crippen LogP contribution in [0.5, 0.6) is 0 Å². The standard InChI is InChI=1S/C12H17BrN2OS/c1-16-12(6-4-2-3-5-7-12)11-14-8-9(13)10(17)15-11/h8H,2-7H2,1H3,(H,14,15,17). The Balaban J connectivity index is 2.38. The second kappa shape index (κ2) is 5.59. The van der Waals surface area contributed by atoms with Crippen molar-refractivity contribution in [2.45, 2.75) is 44.1 Å². The molecule has 1 aliphatic carbocycles. The molecule has 2 rings (SSSR count). The number of aromatic amines is 1. The molecule has 0 unspecified atom stereocenters. The van der Waals surface area contributed by atoms with Gasteiger partial charge in [0.1, 0.15) is 16.1 Å². The zero-order chi connectivity index (χ0) is 12.3. The van der Waals surface area contributed by atoms with E-state index in [4.69, 9.17) is 17.0 Å². The molecule has 0 aliphatic heterocycles. The summed E-state index contributed by atoms with van der Waals surface area (Å²) in [6, 6.07) is 0. The Morgan fingerprint density at radius 3 is 2.53 bits per heavy atom. The second-order valence-electron chi connectivity index (χ2n) is 4.52. The minimum atomic E-state index is -0.273. The number of nitrogens with one attached hydrogen (secondary N) is 1. The quantitative estimate of drug-likeness (QED) is 0.659. The van der Waals surface area contributed by atoms with Crippen molar-refractivity contribution in [2.24, 2.45) is 0 Å². The van der Waals surface area contributed by atoms with Gasteiger partial charge in [0.2, 0.25) is 0 Å². The predicted octanol–water partition coefficient (Wildman–Crippen LogP) is 4.10. The number of ether oxygens (including phenoxy) is 1. The molecule has 1 aromatic rings. The molecule has 1 saturated carbocycles. The first-order valence-corrected chi connectivity index (χ1v) is 7.18. The van der Waals surface area contributed by atoms with E-state index >= 15 is 0 Å². The van der Waals surface area contributed by atoms with E-state index in [9.17, 15) is 0 Å². The SMILES string of the molecule is COC1(c2ncc(Br)c(=S)[nH]2)CCCCCC1. The third-order valence-corrected chi connectivity index (χ3v) is 4.68. The third-order valence-electron chi connectivity index (χ3n) is 3.49. The molecule has 0 bridgehead atoms. The molecule has 0 saturated heterocycles. The van der Waals surface area contributed by atoms with Crippen LogP contribution in [0.2, 0.25) is 0 Å². The van der Waals surface area contributed by atoms with Gasteiger partial charge in [-0.2, -0.15) is 0 Å². The lowest BCUT2D eigenvalue weighted by Crippen LogP contribution is -2.30. The van der Waals surface area contributed by atoms with E-state index in [2.05, 4.69) is 25.9 Å². The van der Waals surface area contributed by atoms with E-state index in [1.165, 1.54) is 25.7 Å². The van der Waals surface area contributed by atoms with Crippen LogP contribution in [-0.4, -0.2) is 17.1 Å². The van der Waals surface area contributed by atoms with Gasteiger partial charge in [-0.05, 0) is 28.8 Å². The van der Waals surface area contributed by atoms with Crippen LogP contribution >= 0.6 is 28.1 Å². The average Bonchev–Trinajstić information content (AvgIpc) is 2.59. The van der Waals surface area contributed by atoms with Crippen LogP contribution in [0.3, 0.4) is 0 Å². The van der Waals surface area contributed by atoms with Crippen LogP contribution in [0.25, 0.3) is 0 Å². The van der Waals surface area contributed by atoms with Crippen molar-refractivity contribution < 1.29 is 4.74 Å². The minimum absolute atomic E-state index is 0.273. The molecule has 1 fully saturated rings. The van der Waals surface area contributed by atoms with E-state index in [0.717, 1.165) is 23.1 Å². The molecule has 0 spiro atoms. The summed E-state index contributed by atoms with van der Waals surface area (Å²) in [5.74, 6) is 0.870. The molecular formula is C12H17BrN2OS. The summed E-state index contributed by atoms with van der Waals surface area (Å²) in [4.78, 5) is 7.65. The number of aromatic nitrogens is 2. The molecule has 94 valence electrons. The first kappa shape index (κ1) is 13.2. The van der Waals surface area contributed by atoms with Crippen molar-refractivity contribution in [1.82, 2.24) is 9.97 Å². The van der Waals surface area contributed by atoms with Gasteiger partial charge in [0.25, 0.3) is 0 Å². The predicted molar refractivity (Wildman–Crippen MR) is 73.5 cm³/mol. The van der Waals surface area contributed by atoms with Gasteiger partial charge in [-0.1, -0.05) is 37.9 Å². The molecule has 0 amide bonds. The molecule has 1 aliphatic rings. The van der Waals surface area contributed by atoms with Crippen molar-refractivity contribution in [3.63, 3.8) is 0 Å². The Bertz CT molecular complexity index is 438. The Morgan fingerprint density at radius 1 is 1.35 bits per heavy atom. The highest BCUT2D eigenvalue weighted by molar-refractivity contribution is 9.10. The van der Waals surface area contributed by atoms with Crippen LogP contribution in [0.4, 0.5) is 0 Å². The third kappa shape index (κ3) is 2.77. The van der Waals surface area contributed by atoms with Gasteiger partial charge in [0, 0.05) is 13.3 Å². The van der Waals surface area contributed by atoms with Crippen molar-refractivity contribution >= 4 is 28.1 Å². The van der Waals surface area contributed by atoms with E-state index in [0.29, 0.717) is 4.64 Å². The van der Waals surface area contributed by atoms with Gasteiger partial charge in [0.05, 0.1) is 4.47 Å². The van der Waals surface area contributed by atoms with E-state index in [-0.39, 0.29) is 5.60 Å². The van der Waals surface area contributed by atoms with E-state index in [1.807, 2.05) is 0 Å². The molecule has 17 heavy (non-hydrogen) atoms. The zero-order valence-corrected chi connectivity index (χ0v) is 12.4. The Morgan fingerprint density at radius 2 is 2.00 bits per heavy atom. The number of hydrogen-bond donors (Lipinski definition) is 1. The zero-order valence-electron chi connectivity index (χ0n) is 9.96. The smallest absolute Gasteiger partial charge is 0.139 e. The fourth-order valence-corrected chi connectivity index (χ4v) is 2.80. The molecule has 0 aromatic carbocycles. The van der Waals surface area contributed by atoms with Crippen molar-refractivity contribution in [3.05, 3.63) is 21.1 Å². The largest absolute Gasteiger partial charge is 0.370 e. The van der Waals surface area contributed by atoms with Crippen LogP contribution in [0, 0.1) is 4.64 Å². The maximum absolute atomic E-state index is 5.78. The average molecular weight is 317 g/mol. The lowest BCUT2D eigenvalue weighted by atomic mass is 9.93. The maximum atomic E-state index is 5.78. The Labute approximate surface area is 115 Å². The fourth-order valence-electron chi connectivity index (χ4n) is 2.45. The lowest BCUT2D eigenvalue weighted by Gasteiger charge is -2.30. The van der Waals surface area contributed by atoms with Gasteiger partial charge < -0.3 is 9.72 Å². The normalized spacial score (nSPS) is 19.9. The molecule has 3 nitrogen and oxygen atoms in total. The van der Waals surface area contributed by atoms with E-state index < -0.39 is 0 Å². The Kier molecular flexibility index (Phi) is 4.33. The Hall–Kier alpha value is -0.260. The summed E-state index contributed by atoms with van der Waals surface area (Å²) in [7, 11) is 1.77. The van der Waals surface area contributed by atoms with Crippen LogP contribution in [0.1, 0.15) is 44.3 Å². The monoisotopic (exact) mass is 316 g/mol. The number of hydrogen-bond acceptors (Lipinski definition) is 3. The topological polar surface area (TPSA) is 37.9 Å². The first-order chi connectivity index (χ1) is 8.18. The molecule has 1 heterocycles. The van der Waals surface area contributed by atoms with Gasteiger partial charge in [-0.3, -0.25) is 0 Å². The van der Waals surface area contributed by atoms with Crippen LogP contribution in [-0.2, 0) is 10.3 Å². The molecule has 0 radical (unpaired) electrons. The van der Waals surface area contributed by atoms with Crippen LogP contribution in [0.15, 0.2) is 10.7 Å². The van der Waals surface area contributed by atoms with E-state index in [1.54, 1.807) is 13.3 Å². The minimum Gasteiger partial charge on any atom is -0.370 e. The molecule has 5 heteroatoms. The lowest BCUT2D eigenvalue weighted by molar-refractivity contribution is -0.0352. The molecule has 1 N–H and O–H groups in total. The van der Waals surface area contributed by atoms with Gasteiger partial charge in [-0.15, -0.1) is 0 Å². The molecule has 0 atom stereocenters. The highest BCUT2D eigenvalue weighted by Crippen LogP contribution is 2.37. The molecule has 1 aromatic heterocycles. The van der Waals surface area contributed by atoms with Crippen molar-refractivity contribution in [1.29, 1.82) is 0 Å². The van der Waals surface area contributed by atoms with Gasteiger partial charge in [-0.25, -0.2) is 4.98 Å². The summed E-state index contributed by atoms with van der Waals surface area (Å²) in [6.45, 7) is 0. The van der Waals surface area contributed by atoms with Gasteiger partial charge >= 0.3 is 0 Å². The first-order valence-electron chi connectivity index (χ1n) is 5.98. The summed E-state index contributed by atoms with van der Waals surface area (Å²) >= 11 is 8.61. The number of methoxy groups -OCH3 is 1. The van der Waals surface area contributed by atoms with Crippen molar-refractivity contribution in [3.8, 4) is 0 Å². The second-order valence-corrected chi connectivity index (χ2v) is 5.78. The van der Waals surface area contributed by atoms with Crippen molar-refractivity contribution in [2.75, 3.05) is 7.11 Å². The fraction of sp³-hybridized carbons (Fsp3) is 0.667. The maximum Gasteiger partial charge on any atom is 0.139 e. The highest BCUT2D eigenvalue weighted by Gasteiger charge is 2.35. The summed E-state index contributed by atoms with van der Waals surface area (Å²) in [6.07, 6.45) is 8.73. The summed E-state index contributed by atoms with van der Waals surface area (Å²) < 4.78 is 7.30. The number of rotatable bonds is 2. The number of H-pyrrole nitrogens is 1. The number of nitrogens with zero attached hydrogens (tertiary/aromatic N) is 1. The number of halogens is 1.